The number of benzene rings is 1. The van der Waals surface area contributed by atoms with Crippen molar-refractivity contribution in [1.29, 1.82) is 5.26 Å². The van der Waals surface area contributed by atoms with Crippen molar-refractivity contribution in [3.63, 3.8) is 0 Å². The Labute approximate surface area is 142 Å². The van der Waals surface area contributed by atoms with Crippen LogP contribution in [-0.2, 0) is 0 Å². The van der Waals surface area contributed by atoms with Gasteiger partial charge in [-0.15, -0.1) is 0 Å². The van der Waals surface area contributed by atoms with Gasteiger partial charge in [0.25, 0.3) is 0 Å². The molecule has 0 aliphatic carbocycles. The smallest absolute Gasteiger partial charge is 0.407 e. The first-order chi connectivity index (χ1) is 11.2. The van der Waals surface area contributed by atoms with Gasteiger partial charge in [-0.1, -0.05) is 26.8 Å². The predicted octanol–water partition coefficient (Wildman–Crippen LogP) is 3.32. The van der Waals surface area contributed by atoms with Crippen LogP contribution in [0.4, 0.5) is 10.5 Å². The van der Waals surface area contributed by atoms with E-state index in [1.807, 2.05) is 0 Å². The first kappa shape index (κ1) is 17.9. The van der Waals surface area contributed by atoms with Crippen LogP contribution in [0.3, 0.4) is 0 Å². The molecular weight excluding hydrogens is 306 g/mol. The first-order valence-corrected chi connectivity index (χ1v) is 8.15. The molecule has 1 aromatic carbocycles. The number of anilines is 1. The van der Waals surface area contributed by atoms with Crippen LogP contribution in [0.25, 0.3) is 0 Å². The number of nitrogen functional groups attached to an aromatic ring is 1. The van der Waals surface area contributed by atoms with Crippen molar-refractivity contribution in [3.05, 3.63) is 23.8 Å². The molecule has 0 saturated carbocycles. The maximum Gasteiger partial charge on any atom is 0.407 e. The van der Waals surface area contributed by atoms with Crippen molar-refractivity contribution >= 4 is 11.8 Å². The minimum Gasteiger partial charge on any atom is -0.492 e. The summed E-state index contributed by atoms with van der Waals surface area (Å²) >= 11 is 0. The van der Waals surface area contributed by atoms with Crippen LogP contribution in [0.15, 0.2) is 18.2 Å². The van der Waals surface area contributed by atoms with Gasteiger partial charge in [-0.3, -0.25) is 0 Å². The van der Waals surface area contributed by atoms with Gasteiger partial charge in [0.15, 0.2) is 0 Å². The lowest BCUT2D eigenvalue weighted by Gasteiger charge is -2.44. The largest absolute Gasteiger partial charge is 0.492 e. The van der Waals surface area contributed by atoms with E-state index >= 15 is 0 Å². The van der Waals surface area contributed by atoms with E-state index < -0.39 is 6.09 Å². The molecule has 6 heteroatoms. The summed E-state index contributed by atoms with van der Waals surface area (Å²) in [6.45, 7) is 7.14. The van der Waals surface area contributed by atoms with E-state index in [1.54, 1.807) is 18.2 Å². The van der Waals surface area contributed by atoms with Crippen molar-refractivity contribution in [2.45, 2.75) is 39.7 Å². The molecule has 1 heterocycles. The van der Waals surface area contributed by atoms with Gasteiger partial charge < -0.3 is 20.5 Å². The fourth-order valence-corrected chi connectivity index (χ4v) is 3.24. The summed E-state index contributed by atoms with van der Waals surface area (Å²) in [6.07, 6.45) is 0.639. The minimum absolute atomic E-state index is 0.0476. The molecule has 1 fully saturated rings. The van der Waals surface area contributed by atoms with Gasteiger partial charge in [-0.05, 0) is 36.3 Å². The van der Waals surface area contributed by atoms with E-state index in [2.05, 4.69) is 26.8 Å². The van der Waals surface area contributed by atoms with E-state index in [1.165, 1.54) is 4.90 Å². The van der Waals surface area contributed by atoms with E-state index in [0.29, 0.717) is 30.2 Å². The highest BCUT2D eigenvalue weighted by Crippen LogP contribution is 2.35. The summed E-state index contributed by atoms with van der Waals surface area (Å²) in [5.74, 6) is 0.739. The molecule has 2 atom stereocenters. The maximum atomic E-state index is 11.5. The molecule has 6 nitrogen and oxygen atoms in total. The van der Waals surface area contributed by atoms with Crippen LogP contribution in [0.1, 0.15) is 39.2 Å². The van der Waals surface area contributed by atoms with E-state index in [-0.39, 0.29) is 17.4 Å². The van der Waals surface area contributed by atoms with Crippen molar-refractivity contribution in [2.24, 2.45) is 11.3 Å². The van der Waals surface area contributed by atoms with Crippen LogP contribution in [0.5, 0.6) is 5.75 Å². The second-order valence-corrected chi connectivity index (χ2v) is 7.39. The van der Waals surface area contributed by atoms with E-state index in [4.69, 9.17) is 10.5 Å². The summed E-state index contributed by atoms with van der Waals surface area (Å²) in [6, 6.07) is 7.20. The highest BCUT2D eigenvalue weighted by atomic mass is 16.5. The Morgan fingerprint density at radius 2 is 2.21 bits per heavy atom. The van der Waals surface area contributed by atoms with Crippen LogP contribution >= 0.6 is 0 Å². The summed E-state index contributed by atoms with van der Waals surface area (Å²) < 4.78 is 5.84. The highest BCUT2D eigenvalue weighted by molar-refractivity contribution is 5.65. The molecule has 2 unspecified atom stereocenters. The number of piperidine rings is 1. The molecule has 1 aromatic rings. The SMILES string of the molecule is CC(C)(C)C1CC(COc2cccc(N)c2C#N)CCN1C(=O)O. The third-order valence-electron chi connectivity index (χ3n) is 4.60. The molecule has 24 heavy (non-hydrogen) atoms. The van der Waals surface area contributed by atoms with Crippen LogP contribution in [0.2, 0.25) is 0 Å². The monoisotopic (exact) mass is 331 g/mol. The zero-order valence-corrected chi connectivity index (χ0v) is 14.5. The number of hydrogen-bond donors (Lipinski definition) is 2. The number of carboxylic acid groups (broad SMARTS) is 1. The van der Waals surface area contributed by atoms with Crippen molar-refractivity contribution in [3.8, 4) is 11.8 Å². The number of amides is 1. The number of carbonyl (C=O) groups is 1. The number of ether oxygens (including phenoxy) is 1. The molecule has 0 radical (unpaired) electrons. The number of nitriles is 1. The quantitative estimate of drug-likeness (QED) is 0.828. The summed E-state index contributed by atoms with van der Waals surface area (Å²) in [4.78, 5) is 13.0. The Kier molecular flexibility index (Phi) is 5.23. The first-order valence-electron chi connectivity index (χ1n) is 8.15. The topological polar surface area (TPSA) is 99.6 Å². The standard InChI is InChI=1S/C18H25N3O3/c1-18(2,3)16-9-12(7-8-21(16)17(22)23)11-24-15-6-4-5-14(20)13(15)10-19/h4-6,12,16H,7-9,11,20H2,1-3H3,(H,22,23). The molecule has 130 valence electrons. The van der Waals surface area contributed by atoms with Gasteiger partial charge >= 0.3 is 6.09 Å². The molecule has 0 bridgehead atoms. The summed E-state index contributed by atoms with van der Waals surface area (Å²) in [5.41, 5.74) is 6.42. The molecule has 3 N–H and O–H groups in total. The van der Waals surface area contributed by atoms with E-state index in [9.17, 15) is 15.2 Å². The number of likely N-dealkylation sites (tertiary alicyclic amines) is 1. The Hall–Kier alpha value is -2.42. The van der Waals surface area contributed by atoms with Gasteiger partial charge in [0.1, 0.15) is 17.4 Å². The maximum absolute atomic E-state index is 11.5. The minimum atomic E-state index is -0.864. The van der Waals surface area contributed by atoms with Gasteiger partial charge in [-0.2, -0.15) is 5.26 Å². The van der Waals surface area contributed by atoms with Crippen molar-refractivity contribution in [2.75, 3.05) is 18.9 Å². The molecule has 1 aliphatic heterocycles. The Morgan fingerprint density at radius 1 is 1.50 bits per heavy atom. The number of nitrogens with zero attached hydrogens (tertiary/aromatic N) is 2. The van der Waals surface area contributed by atoms with Crippen LogP contribution in [0, 0.1) is 22.7 Å². The Morgan fingerprint density at radius 3 is 2.79 bits per heavy atom. The lowest BCUT2D eigenvalue weighted by Crippen LogP contribution is -2.52. The zero-order valence-electron chi connectivity index (χ0n) is 14.5. The molecule has 2 rings (SSSR count). The average molecular weight is 331 g/mol. The normalized spacial score (nSPS) is 21.2. The lowest BCUT2D eigenvalue weighted by atomic mass is 9.77. The number of rotatable bonds is 3. The fraction of sp³-hybridized carbons (Fsp3) is 0.556. The Balaban J connectivity index is 2.06. The fourth-order valence-electron chi connectivity index (χ4n) is 3.24. The zero-order chi connectivity index (χ0) is 17.9. The van der Waals surface area contributed by atoms with Gasteiger partial charge in [0, 0.05) is 12.6 Å². The van der Waals surface area contributed by atoms with Crippen molar-refractivity contribution < 1.29 is 14.6 Å². The average Bonchev–Trinajstić information content (AvgIpc) is 2.51. The third-order valence-corrected chi connectivity index (χ3v) is 4.60. The molecule has 1 aliphatic rings. The summed E-state index contributed by atoms with van der Waals surface area (Å²) in [5, 5.41) is 18.6. The molecule has 1 saturated heterocycles. The lowest BCUT2D eigenvalue weighted by molar-refractivity contribution is 0.0303. The van der Waals surface area contributed by atoms with Crippen molar-refractivity contribution in [1.82, 2.24) is 4.90 Å². The van der Waals surface area contributed by atoms with Gasteiger partial charge in [-0.25, -0.2) is 4.79 Å². The summed E-state index contributed by atoms with van der Waals surface area (Å²) in [7, 11) is 0. The van der Waals surface area contributed by atoms with Gasteiger partial charge in [0.05, 0.1) is 12.3 Å². The number of hydrogen-bond acceptors (Lipinski definition) is 4. The molecule has 1 amide bonds. The molecular formula is C18H25N3O3. The predicted molar refractivity (Wildman–Crippen MR) is 91.8 cm³/mol. The molecule has 0 aromatic heterocycles. The van der Waals surface area contributed by atoms with Crippen LogP contribution in [-0.4, -0.2) is 35.3 Å². The second-order valence-electron chi connectivity index (χ2n) is 7.39. The van der Waals surface area contributed by atoms with Gasteiger partial charge in [0.2, 0.25) is 0 Å². The van der Waals surface area contributed by atoms with Crippen LogP contribution < -0.4 is 10.5 Å². The number of nitrogens with two attached hydrogens (primary N) is 1. The van der Waals surface area contributed by atoms with E-state index in [0.717, 1.165) is 12.8 Å². The second kappa shape index (κ2) is 7.00. The third kappa shape index (κ3) is 3.91. The highest BCUT2D eigenvalue weighted by Gasteiger charge is 2.38. The molecule has 0 spiro atoms. The Bertz CT molecular complexity index is 646.